The molecule has 0 saturated heterocycles. The Kier molecular flexibility index (Phi) is 5.88. The van der Waals surface area contributed by atoms with Crippen LogP contribution in [0.25, 0.3) is 4.91 Å². The van der Waals surface area contributed by atoms with Crippen LogP contribution in [-0.4, -0.2) is 26.7 Å². The van der Waals surface area contributed by atoms with Crippen LogP contribution < -0.4 is 10.0 Å². The monoisotopic (exact) mass is 411 g/mol. The molecule has 1 aliphatic heterocycles. The van der Waals surface area contributed by atoms with Gasteiger partial charge in [0.2, 0.25) is 5.91 Å². The van der Waals surface area contributed by atoms with Crippen LogP contribution in [0, 0.1) is 13.8 Å². The number of nitrogens with zero attached hydrogens (tertiary/aromatic N) is 1. The minimum Gasteiger partial charge on any atom is -0.324 e. The Hall–Kier alpha value is -2.93. The summed E-state index contributed by atoms with van der Waals surface area (Å²) in [6.07, 6.45) is 0.798. The van der Waals surface area contributed by atoms with Gasteiger partial charge in [0, 0.05) is 11.3 Å². The first-order chi connectivity index (χ1) is 13.7. The van der Waals surface area contributed by atoms with E-state index in [1.54, 1.807) is 13.0 Å². The van der Waals surface area contributed by atoms with E-state index >= 15 is 0 Å². The summed E-state index contributed by atoms with van der Waals surface area (Å²) in [6, 6.07) is 13.1. The van der Waals surface area contributed by atoms with E-state index in [-0.39, 0.29) is 23.2 Å². The molecule has 1 aliphatic rings. The van der Waals surface area contributed by atoms with Crippen LogP contribution in [0.5, 0.6) is 0 Å². The first-order valence-corrected chi connectivity index (χ1v) is 10.9. The average Bonchev–Trinajstić information content (AvgIpc) is 2.91. The highest BCUT2D eigenvalue weighted by molar-refractivity contribution is 8.00. The molecule has 2 aromatic carbocycles. The van der Waals surface area contributed by atoms with Crippen molar-refractivity contribution in [2.24, 2.45) is 4.99 Å². The Morgan fingerprint density at radius 2 is 1.79 bits per heavy atom. The maximum atomic E-state index is 12.6. The van der Waals surface area contributed by atoms with Crippen LogP contribution in [0.3, 0.4) is 0 Å². The van der Waals surface area contributed by atoms with Crippen LogP contribution >= 0.6 is 0 Å². The molecule has 0 aromatic heterocycles. The summed E-state index contributed by atoms with van der Waals surface area (Å²) in [4.78, 5) is 16.8. The Morgan fingerprint density at radius 3 is 2.48 bits per heavy atom. The van der Waals surface area contributed by atoms with Gasteiger partial charge in [0.25, 0.3) is 10.0 Å². The zero-order valence-corrected chi connectivity index (χ0v) is 17.9. The molecule has 2 N–H and O–H groups in total. The summed E-state index contributed by atoms with van der Waals surface area (Å²) >= 11 is 0. The molecular weight excluding hydrogens is 386 g/mol. The van der Waals surface area contributed by atoms with Crippen LogP contribution in [0.4, 0.5) is 5.69 Å². The van der Waals surface area contributed by atoms with E-state index in [0.29, 0.717) is 11.1 Å². The number of carbonyl (C=O) groups excluding carboxylic acids is 1. The average molecular weight is 412 g/mol. The number of amidine groups is 1. The van der Waals surface area contributed by atoms with Crippen molar-refractivity contribution >= 4 is 32.4 Å². The lowest BCUT2D eigenvalue weighted by Gasteiger charge is -2.08. The van der Waals surface area contributed by atoms with Crippen molar-refractivity contribution in [1.29, 1.82) is 0 Å². The van der Waals surface area contributed by atoms with Crippen molar-refractivity contribution in [2.75, 3.05) is 11.9 Å². The third-order valence-corrected chi connectivity index (χ3v) is 6.56. The van der Waals surface area contributed by atoms with Gasteiger partial charge in [-0.05, 0) is 55.5 Å². The minimum atomic E-state index is -3.72. The topological polar surface area (TPSA) is 87.6 Å². The van der Waals surface area contributed by atoms with E-state index in [0.717, 1.165) is 28.8 Å². The van der Waals surface area contributed by atoms with Gasteiger partial charge in [-0.15, -0.1) is 0 Å². The number of carbonyl (C=O) groups is 1. The number of anilines is 1. The van der Waals surface area contributed by atoms with E-state index in [1.165, 1.54) is 0 Å². The molecule has 2 aromatic rings. The first-order valence-electron chi connectivity index (χ1n) is 9.47. The summed E-state index contributed by atoms with van der Waals surface area (Å²) < 4.78 is 27.8. The number of hydrogen-bond donors (Lipinski definition) is 2. The fraction of sp³-hybridized carbons (Fsp3) is 0.273. The summed E-state index contributed by atoms with van der Waals surface area (Å²) in [6.45, 7) is 7.46. The van der Waals surface area contributed by atoms with Gasteiger partial charge in [-0.25, -0.2) is 8.42 Å². The molecule has 6 nitrogen and oxygen atoms in total. The third-order valence-electron chi connectivity index (χ3n) is 5.02. The highest BCUT2D eigenvalue weighted by Crippen LogP contribution is 2.30. The number of aliphatic imine (C=N–C) groups is 1. The molecule has 7 heteroatoms. The molecule has 3 rings (SSSR count). The van der Waals surface area contributed by atoms with Gasteiger partial charge in [0.05, 0.1) is 0 Å². The molecule has 0 atom stereocenters. The van der Waals surface area contributed by atoms with Crippen LogP contribution in [0.15, 0.2) is 53.0 Å². The quantitative estimate of drug-likeness (QED) is 0.788. The molecule has 0 aliphatic carbocycles. The number of amides is 1. The largest absolute Gasteiger partial charge is 0.324 e. The maximum absolute atomic E-state index is 12.6. The second kappa shape index (κ2) is 8.21. The van der Waals surface area contributed by atoms with Gasteiger partial charge in [-0.3, -0.25) is 14.5 Å². The number of nitrogens with one attached hydrogen (secondary N) is 2. The van der Waals surface area contributed by atoms with Gasteiger partial charge in [-0.1, -0.05) is 43.3 Å². The van der Waals surface area contributed by atoms with Crippen LogP contribution in [0.2, 0.25) is 0 Å². The Labute approximate surface area is 171 Å². The minimum absolute atomic E-state index is 0.173. The maximum Gasteiger partial charge on any atom is 0.264 e. The van der Waals surface area contributed by atoms with Crippen molar-refractivity contribution in [3.05, 3.63) is 70.3 Å². The number of benzene rings is 2. The summed E-state index contributed by atoms with van der Waals surface area (Å²) in [5.74, 6) is -0.0952. The smallest absolute Gasteiger partial charge is 0.264 e. The molecule has 1 amide bonds. The lowest BCUT2D eigenvalue weighted by Crippen LogP contribution is -2.25. The SMILES string of the molecule is CCc1ccccc1NC(=O)CN=C1NS(=O)(=O)C(c2ccc(C)c(C)c2)=C1C. The molecule has 0 saturated carbocycles. The molecule has 0 bridgehead atoms. The zero-order chi connectivity index (χ0) is 21.2. The number of sulfonamides is 1. The molecule has 0 radical (unpaired) electrons. The summed E-state index contributed by atoms with van der Waals surface area (Å²) in [7, 11) is -3.72. The predicted molar refractivity (Wildman–Crippen MR) is 117 cm³/mol. The second-order valence-electron chi connectivity index (χ2n) is 7.08. The van der Waals surface area contributed by atoms with E-state index in [4.69, 9.17) is 0 Å². The van der Waals surface area contributed by atoms with Gasteiger partial charge in [0.15, 0.2) is 0 Å². The molecule has 1 heterocycles. The fourth-order valence-corrected chi connectivity index (χ4v) is 4.77. The van der Waals surface area contributed by atoms with Gasteiger partial charge < -0.3 is 5.32 Å². The van der Waals surface area contributed by atoms with Gasteiger partial charge in [0.1, 0.15) is 17.3 Å². The van der Waals surface area contributed by atoms with E-state index in [1.807, 2.05) is 57.2 Å². The number of rotatable bonds is 5. The fourth-order valence-electron chi connectivity index (χ4n) is 3.26. The first kappa shape index (κ1) is 20.8. The molecule has 0 unspecified atom stereocenters. The summed E-state index contributed by atoms with van der Waals surface area (Å²) in [5.41, 5.74) is 5.00. The predicted octanol–water partition coefficient (Wildman–Crippen LogP) is 3.57. The normalized spacial score (nSPS) is 16.8. The van der Waals surface area contributed by atoms with Crippen LogP contribution in [-0.2, 0) is 21.2 Å². The van der Waals surface area contributed by atoms with Crippen LogP contribution in [0.1, 0.15) is 36.1 Å². The molecule has 29 heavy (non-hydrogen) atoms. The second-order valence-corrected chi connectivity index (χ2v) is 8.70. The molecule has 0 spiro atoms. The number of aryl methyl sites for hydroxylation is 3. The Morgan fingerprint density at radius 1 is 1.07 bits per heavy atom. The highest BCUT2D eigenvalue weighted by atomic mass is 32.2. The van der Waals surface area contributed by atoms with Crippen molar-refractivity contribution in [2.45, 2.75) is 34.1 Å². The zero-order valence-electron chi connectivity index (χ0n) is 17.0. The molecule has 0 fully saturated rings. The summed E-state index contributed by atoms with van der Waals surface area (Å²) in [5, 5.41) is 2.84. The van der Waals surface area contributed by atoms with E-state index in [2.05, 4.69) is 15.0 Å². The van der Waals surface area contributed by atoms with E-state index in [9.17, 15) is 13.2 Å². The highest BCUT2D eigenvalue weighted by Gasteiger charge is 2.32. The van der Waals surface area contributed by atoms with Gasteiger partial charge in [-0.2, -0.15) is 0 Å². The molecule has 152 valence electrons. The molecular formula is C22H25N3O3S. The lowest BCUT2D eigenvalue weighted by molar-refractivity contribution is -0.114. The third kappa shape index (κ3) is 4.40. The lowest BCUT2D eigenvalue weighted by atomic mass is 10.0. The van der Waals surface area contributed by atoms with Gasteiger partial charge >= 0.3 is 0 Å². The number of hydrogen-bond acceptors (Lipinski definition) is 4. The van der Waals surface area contributed by atoms with Crippen molar-refractivity contribution in [1.82, 2.24) is 4.72 Å². The standard InChI is InChI=1S/C22H25N3O3S/c1-5-17-8-6-7-9-19(17)24-20(26)13-23-22-16(4)21(29(27,28)25-22)18-11-10-14(2)15(3)12-18/h6-12H,5,13H2,1-4H3,(H,23,25)(H,24,26). The van der Waals surface area contributed by atoms with Crippen molar-refractivity contribution in [3.63, 3.8) is 0 Å². The Balaban J connectivity index is 1.83. The van der Waals surface area contributed by atoms with Crippen molar-refractivity contribution < 1.29 is 13.2 Å². The number of para-hydroxylation sites is 1. The Bertz CT molecular complexity index is 1130. The van der Waals surface area contributed by atoms with E-state index < -0.39 is 10.0 Å². The van der Waals surface area contributed by atoms with Crippen molar-refractivity contribution in [3.8, 4) is 0 Å².